The van der Waals surface area contributed by atoms with E-state index in [1.165, 1.54) is 12.4 Å². The smallest absolute Gasteiger partial charge is 0.275 e. The Bertz CT molecular complexity index is 401. The number of imidazole rings is 1. The number of aromatic amines is 1. The molecular formula is C7H9N3O2S. The van der Waals surface area contributed by atoms with Crippen LogP contribution in [0.15, 0.2) is 17.6 Å². The van der Waals surface area contributed by atoms with E-state index in [1.54, 1.807) is 6.92 Å². The maximum atomic E-state index is 11.4. The predicted octanol–water partition coefficient (Wildman–Crippen LogP) is -0.290. The molecule has 1 aromatic heterocycles. The second-order valence-electron chi connectivity index (χ2n) is 2.40. The van der Waals surface area contributed by atoms with Gasteiger partial charge in [0.25, 0.3) is 10.0 Å². The molecule has 13 heavy (non-hydrogen) atoms. The highest BCUT2D eigenvalue weighted by atomic mass is 32.2. The molecule has 1 aromatic rings. The summed E-state index contributed by atoms with van der Waals surface area (Å²) in [6.07, 6.45) is 7.81. The number of terminal acetylenes is 1. The summed E-state index contributed by atoms with van der Waals surface area (Å²) in [7, 11) is -3.59. The van der Waals surface area contributed by atoms with Gasteiger partial charge in [-0.15, -0.1) is 6.42 Å². The van der Waals surface area contributed by atoms with Gasteiger partial charge in [-0.1, -0.05) is 5.92 Å². The fraction of sp³-hybridized carbons (Fsp3) is 0.286. The van der Waals surface area contributed by atoms with Crippen molar-refractivity contribution in [1.29, 1.82) is 0 Å². The molecule has 2 N–H and O–H groups in total. The zero-order chi connectivity index (χ0) is 9.90. The number of aromatic nitrogens is 2. The van der Waals surface area contributed by atoms with Crippen LogP contribution >= 0.6 is 0 Å². The first kappa shape index (κ1) is 9.77. The molecule has 0 aromatic carbocycles. The molecule has 5 nitrogen and oxygen atoms in total. The molecule has 6 heteroatoms. The molecule has 0 aliphatic carbocycles. The number of sulfonamides is 1. The highest BCUT2D eigenvalue weighted by Gasteiger charge is 2.17. The number of H-pyrrole nitrogens is 1. The molecule has 0 amide bonds. The average Bonchev–Trinajstić information content (AvgIpc) is 2.55. The summed E-state index contributed by atoms with van der Waals surface area (Å²) >= 11 is 0. The molecule has 1 atom stereocenters. The summed E-state index contributed by atoms with van der Waals surface area (Å²) in [5, 5.41) is -0.130. The Morgan fingerprint density at radius 2 is 2.46 bits per heavy atom. The van der Waals surface area contributed by atoms with Crippen LogP contribution in [0.5, 0.6) is 0 Å². The summed E-state index contributed by atoms with van der Waals surface area (Å²) in [6.45, 7) is 1.57. The van der Waals surface area contributed by atoms with Crippen molar-refractivity contribution >= 4 is 10.0 Å². The molecular weight excluding hydrogens is 190 g/mol. The predicted molar refractivity (Wildman–Crippen MR) is 47.2 cm³/mol. The van der Waals surface area contributed by atoms with Gasteiger partial charge in [-0.05, 0) is 6.92 Å². The van der Waals surface area contributed by atoms with Crippen LogP contribution in [0.25, 0.3) is 0 Å². The van der Waals surface area contributed by atoms with Gasteiger partial charge >= 0.3 is 0 Å². The molecule has 1 rings (SSSR count). The molecule has 0 bridgehead atoms. The van der Waals surface area contributed by atoms with Crippen LogP contribution in [-0.4, -0.2) is 24.4 Å². The van der Waals surface area contributed by atoms with E-state index in [-0.39, 0.29) is 5.16 Å². The lowest BCUT2D eigenvalue weighted by molar-refractivity contribution is 0.570. The summed E-state index contributed by atoms with van der Waals surface area (Å²) in [6, 6.07) is -0.546. The zero-order valence-corrected chi connectivity index (χ0v) is 7.80. The van der Waals surface area contributed by atoms with Gasteiger partial charge in [0.05, 0.1) is 6.04 Å². The van der Waals surface area contributed by atoms with Crippen LogP contribution in [-0.2, 0) is 10.0 Å². The first-order valence-corrected chi connectivity index (χ1v) is 5.02. The summed E-state index contributed by atoms with van der Waals surface area (Å²) in [5.74, 6) is 2.25. The highest BCUT2D eigenvalue weighted by molar-refractivity contribution is 7.89. The molecule has 0 radical (unpaired) electrons. The van der Waals surface area contributed by atoms with E-state index in [1.807, 2.05) is 0 Å². The lowest BCUT2D eigenvalue weighted by atomic mass is 10.4. The van der Waals surface area contributed by atoms with Gasteiger partial charge in [0.15, 0.2) is 0 Å². The van der Waals surface area contributed by atoms with Crippen molar-refractivity contribution in [2.24, 2.45) is 0 Å². The maximum absolute atomic E-state index is 11.4. The van der Waals surface area contributed by atoms with Gasteiger partial charge in [0.2, 0.25) is 5.16 Å². The molecule has 0 fully saturated rings. The minimum atomic E-state index is -3.59. The van der Waals surface area contributed by atoms with Gasteiger partial charge in [0, 0.05) is 12.4 Å². The van der Waals surface area contributed by atoms with Gasteiger partial charge in [-0.3, -0.25) is 0 Å². The summed E-state index contributed by atoms with van der Waals surface area (Å²) in [4.78, 5) is 6.08. The average molecular weight is 199 g/mol. The Hall–Kier alpha value is -1.32. The van der Waals surface area contributed by atoms with E-state index >= 15 is 0 Å². The number of hydrogen-bond donors (Lipinski definition) is 2. The number of nitrogens with one attached hydrogen (secondary N) is 2. The van der Waals surface area contributed by atoms with E-state index in [9.17, 15) is 8.42 Å². The molecule has 70 valence electrons. The minimum absolute atomic E-state index is 0.130. The first-order valence-electron chi connectivity index (χ1n) is 3.54. The largest absolute Gasteiger partial charge is 0.334 e. The Morgan fingerprint density at radius 3 is 2.92 bits per heavy atom. The van der Waals surface area contributed by atoms with E-state index < -0.39 is 16.1 Å². The normalized spacial score (nSPS) is 13.5. The van der Waals surface area contributed by atoms with Crippen molar-refractivity contribution in [2.45, 2.75) is 18.1 Å². The van der Waals surface area contributed by atoms with Crippen molar-refractivity contribution in [1.82, 2.24) is 14.7 Å². The highest BCUT2D eigenvalue weighted by Crippen LogP contribution is 2.00. The van der Waals surface area contributed by atoms with Crippen LogP contribution in [0.4, 0.5) is 0 Å². The van der Waals surface area contributed by atoms with Crippen LogP contribution < -0.4 is 4.72 Å². The molecule has 0 aliphatic heterocycles. The minimum Gasteiger partial charge on any atom is -0.334 e. The molecule has 0 aliphatic rings. The number of hydrogen-bond acceptors (Lipinski definition) is 3. The second kappa shape index (κ2) is 3.60. The van der Waals surface area contributed by atoms with Gasteiger partial charge in [-0.2, -0.15) is 4.72 Å². The molecule has 1 heterocycles. The van der Waals surface area contributed by atoms with Crippen molar-refractivity contribution < 1.29 is 8.42 Å². The number of rotatable bonds is 3. The van der Waals surface area contributed by atoms with E-state index in [4.69, 9.17) is 6.42 Å². The SMILES string of the molecule is C#CC(C)NS(=O)(=O)c1ncc[nH]1. The standard InChI is InChI=1S/C7H9N3O2S/c1-3-6(2)10-13(11,12)7-8-4-5-9-7/h1,4-6,10H,2H3,(H,8,9). The van der Waals surface area contributed by atoms with E-state index in [2.05, 4.69) is 20.6 Å². The lowest BCUT2D eigenvalue weighted by Crippen LogP contribution is -2.32. The number of nitrogens with zero attached hydrogens (tertiary/aromatic N) is 1. The Morgan fingerprint density at radius 1 is 1.77 bits per heavy atom. The fourth-order valence-electron chi connectivity index (χ4n) is 0.720. The van der Waals surface area contributed by atoms with Gasteiger partial charge in [0.1, 0.15) is 0 Å². The Balaban J connectivity index is 2.87. The monoisotopic (exact) mass is 199 g/mol. The Kier molecular flexibility index (Phi) is 2.70. The van der Waals surface area contributed by atoms with Crippen LogP contribution in [0.1, 0.15) is 6.92 Å². The van der Waals surface area contributed by atoms with Crippen LogP contribution in [0.3, 0.4) is 0 Å². The first-order chi connectivity index (χ1) is 6.06. The van der Waals surface area contributed by atoms with Crippen molar-refractivity contribution in [3.8, 4) is 12.3 Å². The lowest BCUT2D eigenvalue weighted by Gasteiger charge is -2.05. The quantitative estimate of drug-likeness (QED) is 0.657. The van der Waals surface area contributed by atoms with Crippen molar-refractivity contribution in [2.75, 3.05) is 0 Å². The van der Waals surface area contributed by atoms with Gasteiger partial charge in [-0.25, -0.2) is 13.4 Å². The maximum Gasteiger partial charge on any atom is 0.275 e. The van der Waals surface area contributed by atoms with Crippen LogP contribution in [0.2, 0.25) is 0 Å². The van der Waals surface area contributed by atoms with E-state index in [0.717, 1.165) is 0 Å². The molecule has 0 spiro atoms. The van der Waals surface area contributed by atoms with Crippen molar-refractivity contribution in [3.05, 3.63) is 12.4 Å². The summed E-state index contributed by atoms with van der Waals surface area (Å²) in [5.41, 5.74) is 0. The topological polar surface area (TPSA) is 74.8 Å². The van der Waals surface area contributed by atoms with E-state index in [0.29, 0.717) is 0 Å². The molecule has 0 saturated heterocycles. The summed E-state index contributed by atoms with van der Waals surface area (Å²) < 4.78 is 25.0. The third-order valence-corrected chi connectivity index (χ3v) is 2.71. The molecule has 0 saturated carbocycles. The third kappa shape index (κ3) is 2.31. The van der Waals surface area contributed by atoms with Crippen LogP contribution in [0, 0.1) is 12.3 Å². The molecule has 1 unspecified atom stereocenters. The third-order valence-electron chi connectivity index (χ3n) is 1.31. The van der Waals surface area contributed by atoms with Gasteiger partial charge < -0.3 is 4.98 Å². The zero-order valence-electron chi connectivity index (χ0n) is 6.98. The van der Waals surface area contributed by atoms with Crippen molar-refractivity contribution in [3.63, 3.8) is 0 Å². The second-order valence-corrected chi connectivity index (χ2v) is 4.03. The fourth-order valence-corrected chi connectivity index (χ4v) is 1.79. The Labute approximate surface area is 76.6 Å².